The van der Waals surface area contributed by atoms with Crippen molar-refractivity contribution in [3.05, 3.63) is 97.1 Å². The number of aliphatic hydroxyl groups excluding tert-OH is 2. The zero-order valence-electron chi connectivity index (χ0n) is 18.3. The summed E-state index contributed by atoms with van der Waals surface area (Å²) in [6.45, 7) is 5.43. The van der Waals surface area contributed by atoms with Crippen LogP contribution >= 0.6 is 0 Å². The Morgan fingerprint density at radius 2 is 0.906 bits per heavy atom. The van der Waals surface area contributed by atoms with Crippen molar-refractivity contribution in [1.82, 2.24) is 0 Å². The van der Waals surface area contributed by atoms with Crippen LogP contribution < -0.4 is 0 Å². The average molecular weight is 443 g/mol. The molecule has 0 unspecified atom stereocenters. The molecule has 2 aromatic rings. The van der Waals surface area contributed by atoms with Crippen LogP contribution in [0.5, 0.6) is 0 Å². The molecule has 6 nitrogen and oxygen atoms in total. The smallest absolute Gasteiger partial charge is 0.131 e. The van der Waals surface area contributed by atoms with Gasteiger partial charge in [-0.25, -0.2) is 0 Å². The first-order valence-corrected chi connectivity index (χ1v) is 10.6. The van der Waals surface area contributed by atoms with E-state index < -0.39 is 35.6 Å². The number of aliphatic hydroxyl groups is 6. The summed E-state index contributed by atoms with van der Waals surface area (Å²) in [5, 5.41) is 67.5. The average Bonchev–Trinajstić information content (AvgIpc) is 2.80. The Balaban J connectivity index is 2.67. The highest BCUT2D eigenvalue weighted by Crippen LogP contribution is 2.47. The largest absolute Gasteiger partial charge is 0.393 e. The van der Waals surface area contributed by atoms with Crippen molar-refractivity contribution in [2.75, 3.05) is 13.2 Å². The zero-order valence-corrected chi connectivity index (χ0v) is 18.3. The van der Waals surface area contributed by atoms with E-state index in [2.05, 4.69) is 13.2 Å². The molecule has 174 valence electrons. The Hall–Kier alpha value is -2.32. The van der Waals surface area contributed by atoms with Crippen LogP contribution in [-0.2, 0) is 12.8 Å². The van der Waals surface area contributed by atoms with Crippen LogP contribution in [0.3, 0.4) is 0 Å². The highest BCUT2D eigenvalue weighted by atomic mass is 16.4. The molecule has 2 aromatic carbocycles. The molecule has 0 aliphatic carbocycles. The van der Waals surface area contributed by atoms with Crippen LogP contribution in [-0.4, -0.2) is 66.3 Å². The number of hydrogen-bond acceptors (Lipinski definition) is 6. The molecule has 6 heteroatoms. The minimum atomic E-state index is -2.51. The highest BCUT2D eigenvalue weighted by molar-refractivity contribution is 5.29. The maximum absolute atomic E-state index is 11.9. The summed E-state index contributed by atoms with van der Waals surface area (Å²) < 4.78 is 0. The molecule has 0 heterocycles. The van der Waals surface area contributed by atoms with Crippen LogP contribution in [0, 0.1) is 0 Å². The molecule has 0 amide bonds. The first kappa shape index (κ1) is 25.9. The van der Waals surface area contributed by atoms with E-state index >= 15 is 0 Å². The molecule has 0 saturated heterocycles. The van der Waals surface area contributed by atoms with E-state index in [1.807, 2.05) is 0 Å². The van der Waals surface area contributed by atoms with Crippen LogP contribution in [0.4, 0.5) is 0 Å². The van der Waals surface area contributed by atoms with Crippen LogP contribution in [0.25, 0.3) is 0 Å². The second-order valence-electron chi connectivity index (χ2n) is 8.41. The van der Waals surface area contributed by atoms with Crippen molar-refractivity contribution >= 4 is 0 Å². The van der Waals surface area contributed by atoms with Gasteiger partial charge in [-0.1, -0.05) is 72.8 Å². The lowest BCUT2D eigenvalue weighted by Gasteiger charge is -2.57. The zero-order chi connectivity index (χ0) is 23.9. The molecule has 32 heavy (non-hydrogen) atoms. The van der Waals surface area contributed by atoms with Crippen molar-refractivity contribution in [3.8, 4) is 0 Å². The molecule has 0 aliphatic heterocycles. The van der Waals surface area contributed by atoms with Gasteiger partial charge in [0.1, 0.15) is 22.4 Å². The Morgan fingerprint density at radius 3 is 1.16 bits per heavy atom. The summed E-state index contributed by atoms with van der Waals surface area (Å²) in [5.41, 5.74) is -8.40. The first-order chi connectivity index (χ1) is 15.1. The van der Waals surface area contributed by atoms with Crippen LogP contribution in [0.15, 0.2) is 86.0 Å². The number of hydrogen-bond donors (Lipinski definition) is 6. The van der Waals surface area contributed by atoms with Crippen molar-refractivity contribution in [1.29, 1.82) is 0 Å². The van der Waals surface area contributed by atoms with E-state index in [9.17, 15) is 30.6 Å². The van der Waals surface area contributed by atoms with Gasteiger partial charge in [-0.15, -0.1) is 13.2 Å². The summed E-state index contributed by atoms with van der Waals surface area (Å²) in [6.07, 6.45) is 1.39. The molecule has 0 radical (unpaired) electrons. The predicted octanol–water partition coefficient (Wildman–Crippen LogP) is 1.53. The summed E-state index contributed by atoms with van der Waals surface area (Å²) in [4.78, 5) is 0. The van der Waals surface area contributed by atoms with Crippen molar-refractivity contribution < 1.29 is 30.6 Å². The maximum atomic E-state index is 11.9. The Labute approximate surface area is 189 Å². The third-order valence-corrected chi connectivity index (χ3v) is 6.31. The molecule has 0 aliphatic rings. The standard InChI is InChI=1S/C26H34O6/c1-3-15-25(31,23(29,19-27)17-21-11-7-5-8-12-21)26(32,16-4-2)24(30,20-28)18-22-13-9-6-10-14-22/h3-14,27-32H,1-2,15-20H2/t23-,24-,25+,26+/m1/s1. The Bertz CT molecular complexity index is 799. The fourth-order valence-electron chi connectivity index (χ4n) is 4.44. The van der Waals surface area contributed by atoms with E-state index in [0.717, 1.165) is 0 Å². The summed E-state index contributed by atoms with van der Waals surface area (Å²) in [6, 6.07) is 17.4. The normalized spacial score (nSPS) is 19.1. The van der Waals surface area contributed by atoms with Gasteiger partial charge in [0.05, 0.1) is 13.2 Å². The summed E-state index contributed by atoms with van der Waals surface area (Å²) in [5.74, 6) is 0. The molecule has 2 rings (SSSR count). The van der Waals surface area contributed by atoms with Gasteiger partial charge in [0.25, 0.3) is 0 Å². The summed E-state index contributed by atoms with van der Waals surface area (Å²) in [7, 11) is 0. The SMILES string of the molecule is C=CC[C@](O)([C@](O)(CO)Cc1ccccc1)[C@](O)(CC=C)[C@](O)(CO)Cc1ccccc1. The molecule has 0 spiro atoms. The van der Waals surface area contributed by atoms with Gasteiger partial charge in [-0.2, -0.15) is 0 Å². The number of benzene rings is 2. The van der Waals surface area contributed by atoms with Gasteiger partial charge in [0.2, 0.25) is 0 Å². The van der Waals surface area contributed by atoms with Gasteiger partial charge < -0.3 is 30.6 Å². The number of rotatable bonds is 13. The maximum Gasteiger partial charge on any atom is 0.131 e. The van der Waals surface area contributed by atoms with Gasteiger partial charge in [-0.3, -0.25) is 0 Å². The molecular formula is C26H34O6. The van der Waals surface area contributed by atoms with E-state index in [1.54, 1.807) is 60.7 Å². The quantitative estimate of drug-likeness (QED) is 0.262. The van der Waals surface area contributed by atoms with Gasteiger partial charge in [0, 0.05) is 12.8 Å². The lowest BCUT2D eigenvalue weighted by molar-refractivity contribution is -0.310. The molecular weight excluding hydrogens is 408 g/mol. The fourth-order valence-corrected chi connectivity index (χ4v) is 4.44. The topological polar surface area (TPSA) is 121 Å². The first-order valence-electron chi connectivity index (χ1n) is 10.6. The molecule has 6 N–H and O–H groups in total. The predicted molar refractivity (Wildman–Crippen MR) is 124 cm³/mol. The van der Waals surface area contributed by atoms with Crippen LogP contribution in [0.2, 0.25) is 0 Å². The van der Waals surface area contributed by atoms with Crippen molar-refractivity contribution in [3.63, 3.8) is 0 Å². The monoisotopic (exact) mass is 442 g/mol. The van der Waals surface area contributed by atoms with Gasteiger partial charge >= 0.3 is 0 Å². The van der Waals surface area contributed by atoms with E-state index in [4.69, 9.17) is 0 Å². The molecule has 0 saturated carbocycles. The molecule has 0 fully saturated rings. The third kappa shape index (κ3) is 4.71. The minimum Gasteiger partial charge on any atom is -0.393 e. The summed E-state index contributed by atoms with van der Waals surface area (Å²) >= 11 is 0. The molecule has 4 atom stereocenters. The van der Waals surface area contributed by atoms with E-state index in [-0.39, 0.29) is 25.7 Å². The third-order valence-electron chi connectivity index (χ3n) is 6.31. The van der Waals surface area contributed by atoms with Gasteiger partial charge in [-0.05, 0) is 24.0 Å². The highest BCUT2D eigenvalue weighted by Gasteiger charge is 2.67. The minimum absolute atomic E-state index is 0.221. The van der Waals surface area contributed by atoms with Crippen molar-refractivity contribution in [2.45, 2.75) is 48.1 Å². The fraction of sp³-hybridized carbons (Fsp3) is 0.385. The molecule has 0 bridgehead atoms. The second-order valence-corrected chi connectivity index (χ2v) is 8.41. The Morgan fingerprint density at radius 1 is 0.594 bits per heavy atom. The lowest BCUT2D eigenvalue weighted by atomic mass is 9.58. The Kier molecular flexibility index (Phi) is 8.54. The van der Waals surface area contributed by atoms with Crippen molar-refractivity contribution in [2.24, 2.45) is 0 Å². The lowest BCUT2D eigenvalue weighted by Crippen LogP contribution is -2.78. The van der Waals surface area contributed by atoms with E-state index in [1.165, 1.54) is 12.2 Å². The molecule has 0 aromatic heterocycles. The van der Waals surface area contributed by atoms with Crippen LogP contribution in [0.1, 0.15) is 24.0 Å². The van der Waals surface area contributed by atoms with E-state index in [0.29, 0.717) is 11.1 Å². The van der Waals surface area contributed by atoms with Gasteiger partial charge in [0.15, 0.2) is 0 Å². The second kappa shape index (κ2) is 10.5.